The van der Waals surface area contributed by atoms with E-state index in [0.717, 1.165) is 44.3 Å². The molecule has 2 saturated heterocycles. The molecule has 0 N–H and O–H groups in total. The first kappa shape index (κ1) is 18.7. The van der Waals surface area contributed by atoms with Crippen molar-refractivity contribution in [2.45, 2.75) is 38.5 Å². The van der Waals surface area contributed by atoms with Crippen LogP contribution in [0.2, 0.25) is 0 Å². The largest absolute Gasteiger partial charge is 0.343 e. The first-order chi connectivity index (χ1) is 13.7. The quantitative estimate of drug-likeness (QED) is 0.808. The van der Waals surface area contributed by atoms with Crippen LogP contribution in [0.3, 0.4) is 0 Å². The highest BCUT2D eigenvalue weighted by Gasteiger charge is 2.46. The fraction of sp³-hybridized carbons (Fsp3) is 0.417. The highest BCUT2D eigenvalue weighted by Crippen LogP contribution is 2.42. The summed E-state index contributed by atoms with van der Waals surface area (Å²) in [6, 6.07) is 20.1. The molecule has 1 spiro atoms. The number of piperidine rings is 2. The Morgan fingerprint density at radius 3 is 2.18 bits per heavy atom. The molecule has 0 saturated carbocycles. The molecular weight excluding hydrogens is 348 g/mol. The van der Waals surface area contributed by atoms with Crippen molar-refractivity contribution in [3.63, 3.8) is 0 Å². The third kappa shape index (κ3) is 3.82. The van der Waals surface area contributed by atoms with Gasteiger partial charge < -0.3 is 9.80 Å². The van der Waals surface area contributed by atoms with Gasteiger partial charge in [0.15, 0.2) is 0 Å². The second-order valence-electron chi connectivity index (χ2n) is 8.04. The summed E-state index contributed by atoms with van der Waals surface area (Å²) in [7, 11) is 0. The van der Waals surface area contributed by atoms with Gasteiger partial charge in [0.1, 0.15) is 0 Å². The molecule has 0 aliphatic carbocycles. The highest BCUT2D eigenvalue weighted by molar-refractivity contribution is 5.98. The van der Waals surface area contributed by atoms with Gasteiger partial charge in [0.05, 0.1) is 5.41 Å². The molecule has 4 nitrogen and oxygen atoms in total. The zero-order valence-corrected chi connectivity index (χ0v) is 16.3. The van der Waals surface area contributed by atoms with E-state index < -0.39 is 0 Å². The van der Waals surface area contributed by atoms with Crippen LogP contribution in [0.5, 0.6) is 0 Å². The molecule has 2 aromatic carbocycles. The molecule has 2 aliphatic rings. The van der Waals surface area contributed by atoms with Gasteiger partial charge in [-0.05, 0) is 49.8 Å². The van der Waals surface area contributed by atoms with Crippen LogP contribution in [0.4, 0.5) is 5.69 Å². The second-order valence-corrected chi connectivity index (χ2v) is 8.04. The molecule has 0 aromatic heterocycles. The minimum Gasteiger partial charge on any atom is -0.343 e. The van der Waals surface area contributed by atoms with Crippen LogP contribution in [0.15, 0.2) is 60.7 Å². The fourth-order valence-corrected chi connectivity index (χ4v) is 4.63. The lowest BCUT2D eigenvalue weighted by atomic mass is 9.71. The van der Waals surface area contributed by atoms with Crippen molar-refractivity contribution < 1.29 is 9.59 Å². The van der Waals surface area contributed by atoms with E-state index in [-0.39, 0.29) is 17.2 Å². The lowest BCUT2D eigenvalue weighted by Crippen LogP contribution is -2.54. The van der Waals surface area contributed by atoms with Crippen molar-refractivity contribution >= 4 is 17.5 Å². The molecule has 2 amide bonds. The maximum Gasteiger partial charge on any atom is 0.233 e. The predicted molar refractivity (Wildman–Crippen MR) is 111 cm³/mol. The average molecular weight is 377 g/mol. The number of para-hydroxylation sites is 1. The van der Waals surface area contributed by atoms with E-state index in [9.17, 15) is 9.59 Å². The Hall–Kier alpha value is -2.62. The summed E-state index contributed by atoms with van der Waals surface area (Å²) >= 11 is 0. The summed E-state index contributed by atoms with van der Waals surface area (Å²) in [5.41, 5.74) is 1.91. The monoisotopic (exact) mass is 376 g/mol. The van der Waals surface area contributed by atoms with Crippen molar-refractivity contribution in [3.05, 3.63) is 66.2 Å². The van der Waals surface area contributed by atoms with Gasteiger partial charge in [-0.1, -0.05) is 48.5 Å². The SMILES string of the molecule is O=C(CCc1ccccc1)N1CCC2(CCCN(c3ccccc3)C2=O)CC1. The van der Waals surface area contributed by atoms with E-state index in [0.29, 0.717) is 19.5 Å². The summed E-state index contributed by atoms with van der Waals surface area (Å²) in [6.07, 6.45) is 4.87. The van der Waals surface area contributed by atoms with E-state index in [1.54, 1.807) is 0 Å². The Morgan fingerprint density at radius 1 is 0.857 bits per heavy atom. The lowest BCUT2D eigenvalue weighted by molar-refractivity contribution is -0.140. The minimum absolute atomic E-state index is 0.210. The molecule has 2 aromatic rings. The molecule has 4 rings (SSSR count). The number of benzene rings is 2. The zero-order chi connectivity index (χ0) is 19.4. The minimum atomic E-state index is -0.287. The maximum atomic E-state index is 13.3. The van der Waals surface area contributed by atoms with Gasteiger partial charge in [0.25, 0.3) is 0 Å². The normalized spacial score (nSPS) is 19.1. The number of hydrogen-bond donors (Lipinski definition) is 0. The second kappa shape index (κ2) is 8.17. The zero-order valence-electron chi connectivity index (χ0n) is 16.3. The van der Waals surface area contributed by atoms with Crippen LogP contribution in [-0.2, 0) is 16.0 Å². The van der Waals surface area contributed by atoms with Crippen LogP contribution in [0.1, 0.15) is 37.7 Å². The van der Waals surface area contributed by atoms with Crippen LogP contribution in [-0.4, -0.2) is 36.3 Å². The van der Waals surface area contributed by atoms with Gasteiger partial charge >= 0.3 is 0 Å². The van der Waals surface area contributed by atoms with Gasteiger partial charge in [-0.25, -0.2) is 0 Å². The summed E-state index contributed by atoms with van der Waals surface area (Å²) in [6.45, 7) is 2.19. The third-order valence-corrected chi connectivity index (χ3v) is 6.35. The van der Waals surface area contributed by atoms with Gasteiger partial charge in [-0.2, -0.15) is 0 Å². The number of aryl methyl sites for hydroxylation is 1. The Labute approximate surface area is 167 Å². The van der Waals surface area contributed by atoms with Crippen LogP contribution in [0, 0.1) is 5.41 Å². The van der Waals surface area contributed by atoms with Gasteiger partial charge in [0, 0.05) is 31.7 Å². The topological polar surface area (TPSA) is 40.6 Å². The summed E-state index contributed by atoms with van der Waals surface area (Å²) in [4.78, 5) is 29.9. The highest BCUT2D eigenvalue weighted by atomic mass is 16.2. The molecule has 2 aliphatic heterocycles. The molecule has 2 heterocycles. The number of anilines is 1. The van der Waals surface area contributed by atoms with Gasteiger partial charge in [-0.15, -0.1) is 0 Å². The molecule has 0 bridgehead atoms. The lowest BCUT2D eigenvalue weighted by Gasteiger charge is -2.46. The van der Waals surface area contributed by atoms with E-state index in [1.807, 2.05) is 58.3 Å². The first-order valence-electron chi connectivity index (χ1n) is 10.4. The number of amides is 2. The summed E-state index contributed by atoms with van der Waals surface area (Å²) in [5.74, 6) is 0.461. The molecule has 0 radical (unpaired) electrons. The number of hydrogen-bond acceptors (Lipinski definition) is 2. The Balaban J connectivity index is 1.36. The van der Waals surface area contributed by atoms with Crippen molar-refractivity contribution in [2.75, 3.05) is 24.5 Å². The molecule has 2 fully saturated rings. The van der Waals surface area contributed by atoms with Gasteiger partial charge in [-0.3, -0.25) is 9.59 Å². The van der Waals surface area contributed by atoms with Crippen LogP contribution in [0.25, 0.3) is 0 Å². The molecular formula is C24H28N2O2. The third-order valence-electron chi connectivity index (χ3n) is 6.35. The van der Waals surface area contributed by atoms with E-state index in [1.165, 1.54) is 5.56 Å². The molecule has 0 unspecified atom stereocenters. The molecule has 146 valence electrons. The Kier molecular flexibility index (Phi) is 5.47. The van der Waals surface area contributed by atoms with Crippen molar-refractivity contribution in [3.8, 4) is 0 Å². The Bertz CT molecular complexity index is 811. The first-order valence-corrected chi connectivity index (χ1v) is 10.4. The standard InChI is InChI=1S/C24H28N2O2/c27-22(13-12-20-8-3-1-4-9-20)25-18-15-24(16-19-25)14-7-17-26(23(24)28)21-10-5-2-6-11-21/h1-6,8-11H,7,12-19H2. The fourth-order valence-electron chi connectivity index (χ4n) is 4.63. The van der Waals surface area contributed by atoms with Crippen LogP contribution < -0.4 is 4.90 Å². The van der Waals surface area contributed by atoms with E-state index in [4.69, 9.17) is 0 Å². The molecule has 4 heteroatoms. The summed E-state index contributed by atoms with van der Waals surface area (Å²) in [5, 5.41) is 0. The number of carbonyl (C=O) groups is 2. The average Bonchev–Trinajstić information content (AvgIpc) is 2.76. The van der Waals surface area contributed by atoms with Crippen molar-refractivity contribution in [2.24, 2.45) is 5.41 Å². The number of rotatable bonds is 4. The molecule has 28 heavy (non-hydrogen) atoms. The summed E-state index contributed by atoms with van der Waals surface area (Å²) < 4.78 is 0. The van der Waals surface area contributed by atoms with Crippen molar-refractivity contribution in [1.29, 1.82) is 0 Å². The van der Waals surface area contributed by atoms with Gasteiger partial charge in [0.2, 0.25) is 11.8 Å². The number of nitrogens with zero attached hydrogens (tertiary/aromatic N) is 2. The molecule has 0 atom stereocenters. The number of carbonyl (C=O) groups excluding carboxylic acids is 2. The Morgan fingerprint density at radius 2 is 1.50 bits per heavy atom. The van der Waals surface area contributed by atoms with Crippen LogP contribution >= 0.6 is 0 Å². The number of likely N-dealkylation sites (tertiary alicyclic amines) is 1. The predicted octanol–water partition coefficient (Wildman–Crippen LogP) is 4.06. The van der Waals surface area contributed by atoms with E-state index in [2.05, 4.69) is 12.1 Å². The smallest absolute Gasteiger partial charge is 0.233 e. The maximum absolute atomic E-state index is 13.3. The van der Waals surface area contributed by atoms with Crippen molar-refractivity contribution in [1.82, 2.24) is 4.90 Å². The van der Waals surface area contributed by atoms with E-state index >= 15 is 0 Å².